The second kappa shape index (κ2) is 5.53. The summed E-state index contributed by atoms with van der Waals surface area (Å²) in [6.45, 7) is 0. The number of fused-ring (bicyclic) bond motifs is 1. The van der Waals surface area contributed by atoms with E-state index in [0.29, 0.717) is 10.7 Å². The molecule has 0 saturated heterocycles. The third-order valence-corrected chi connectivity index (χ3v) is 8.61. The van der Waals surface area contributed by atoms with E-state index in [1.807, 2.05) is 23.7 Å². The van der Waals surface area contributed by atoms with Crippen molar-refractivity contribution in [1.29, 1.82) is 0 Å². The smallest absolute Gasteiger partial charge is 0.248 e. The highest BCUT2D eigenvalue weighted by Gasteiger charge is 2.57. The van der Waals surface area contributed by atoms with Crippen molar-refractivity contribution in [3.8, 4) is 0 Å². The highest BCUT2D eigenvalue weighted by atomic mass is 79.9. The predicted octanol–water partition coefficient (Wildman–Crippen LogP) is 4.79. The van der Waals surface area contributed by atoms with Gasteiger partial charge in [0, 0.05) is 17.8 Å². The number of benzene rings is 1. The molecular formula is C20H23BrN2OS. The molecule has 5 heteroatoms. The van der Waals surface area contributed by atoms with Crippen molar-refractivity contribution in [1.82, 2.24) is 4.57 Å². The number of hydrogen-bond donors (Lipinski definition) is 0. The summed E-state index contributed by atoms with van der Waals surface area (Å²) in [6.07, 6.45) is 8.25. The van der Waals surface area contributed by atoms with Crippen LogP contribution in [0.2, 0.25) is 0 Å². The minimum absolute atomic E-state index is 0.0696. The van der Waals surface area contributed by atoms with Gasteiger partial charge >= 0.3 is 0 Å². The normalized spacial score (nSPS) is 37.1. The van der Waals surface area contributed by atoms with E-state index in [1.54, 1.807) is 11.3 Å². The first-order chi connectivity index (χ1) is 11.9. The van der Waals surface area contributed by atoms with Gasteiger partial charge in [0.25, 0.3) is 0 Å². The molecule has 4 saturated carbocycles. The number of carbonyl (C=O) groups is 1. The van der Waals surface area contributed by atoms with Gasteiger partial charge in [-0.05, 0) is 67.9 Å². The van der Waals surface area contributed by atoms with Crippen molar-refractivity contribution in [3.05, 3.63) is 29.1 Å². The van der Waals surface area contributed by atoms with Gasteiger partial charge in [-0.25, -0.2) is 0 Å². The number of hydrogen-bond acceptors (Lipinski definition) is 2. The zero-order chi connectivity index (χ0) is 17.2. The van der Waals surface area contributed by atoms with Gasteiger partial charge in [-0.3, -0.25) is 4.79 Å². The first-order valence-electron chi connectivity index (χ1n) is 9.25. The number of alkyl halides is 1. The van der Waals surface area contributed by atoms with Crippen LogP contribution in [0.1, 0.15) is 44.9 Å². The van der Waals surface area contributed by atoms with E-state index in [-0.39, 0.29) is 11.3 Å². The van der Waals surface area contributed by atoms with Gasteiger partial charge in [0.1, 0.15) is 0 Å². The largest absolute Gasteiger partial charge is 0.319 e. The Balaban J connectivity index is 1.44. The van der Waals surface area contributed by atoms with Crippen LogP contribution in [-0.2, 0) is 11.8 Å². The van der Waals surface area contributed by atoms with Gasteiger partial charge in [0.15, 0.2) is 4.80 Å². The van der Waals surface area contributed by atoms with Crippen LogP contribution < -0.4 is 4.80 Å². The molecule has 4 aliphatic carbocycles. The lowest BCUT2D eigenvalue weighted by Crippen LogP contribution is -2.53. The predicted molar refractivity (Wildman–Crippen MR) is 105 cm³/mol. The molecule has 132 valence electrons. The fourth-order valence-electron chi connectivity index (χ4n) is 6.20. The number of thiazole rings is 1. The quantitative estimate of drug-likeness (QED) is 0.645. The van der Waals surface area contributed by atoms with E-state index in [9.17, 15) is 4.79 Å². The van der Waals surface area contributed by atoms with Crippen molar-refractivity contribution in [2.45, 2.75) is 49.3 Å². The van der Waals surface area contributed by atoms with E-state index in [2.05, 4.69) is 33.1 Å². The standard InChI is InChI=1S/C20H23BrN2OS/c1-23-15-4-2-3-5-16(15)25-18(23)22-17(24)11-19-7-13-6-14(8-19)10-20(21,9-13)12-19/h2-5,13-14H,6-12H2,1H3. The van der Waals surface area contributed by atoms with Crippen LogP contribution in [0, 0.1) is 17.3 Å². The molecule has 1 aromatic heterocycles. The van der Waals surface area contributed by atoms with E-state index >= 15 is 0 Å². The Kier molecular flexibility index (Phi) is 3.59. The molecule has 25 heavy (non-hydrogen) atoms. The zero-order valence-corrected chi connectivity index (χ0v) is 16.9. The Hall–Kier alpha value is -0.940. The molecule has 1 heterocycles. The SMILES string of the molecule is Cn1c(=NC(=O)CC23CC4CC(CC(Br)(C4)C2)C3)sc2ccccc21. The third-order valence-electron chi connectivity index (χ3n) is 6.57. The summed E-state index contributed by atoms with van der Waals surface area (Å²) in [7, 11) is 2.00. The molecule has 2 unspecified atom stereocenters. The summed E-state index contributed by atoms with van der Waals surface area (Å²) in [5.74, 6) is 1.70. The molecule has 0 N–H and O–H groups in total. The van der Waals surface area contributed by atoms with Gasteiger partial charge in [0.2, 0.25) is 5.91 Å². The molecule has 4 fully saturated rings. The fraction of sp³-hybridized carbons (Fsp3) is 0.600. The molecule has 0 aliphatic heterocycles. The second-order valence-corrected chi connectivity index (χ2v) is 11.4. The van der Waals surface area contributed by atoms with Crippen molar-refractivity contribution >= 4 is 43.4 Å². The maximum Gasteiger partial charge on any atom is 0.248 e. The van der Waals surface area contributed by atoms with E-state index in [0.717, 1.165) is 28.6 Å². The molecule has 2 aromatic rings. The molecule has 1 aromatic carbocycles. The lowest BCUT2D eigenvalue weighted by atomic mass is 9.48. The second-order valence-electron chi connectivity index (χ2n) is 8.71. The van der Waals surface area contributed by atoms with Gasteiger partial charge < -0.3 is 4.57 Å². The Morgan fingerprint density at radius 3 is 2.68 bits per heavy atom. The van der Waals surface area contributed by atoms with Crippen LogP contribution in [0.5, 0.6) is 0 Å². The monoisotopic (exact) mass is 418 g/mol. The van der Waals surface area contributed by atoms with Crippen LogP contribution in [0.15, 0.2) is 29.3 Å². The first-order valence-corrected chi connectivity index (χ1v) is 10.9. The number of aromatic nitrogens is 1. The molecule has 4 bridgehead atoms. The maximum atomic E-state index is 12.8. The molecule has 4 aliphatic rings. The zero-order valence-electron chi connectivity index (χ0n) is 14.5. The molecule has 0 radical (unpaired) electrons. The highest BCUT2D eigenvalue weighted by Crippen LogP contribution is 2.65. The van der Waals surface area contributed by atoms with Crippen LogP contribution in [0.4, 0.5) is 0 Å². The van der Waals surface area contributed by atoms with Gasteiger partial charge in [-0.2, -0.15) is 4.99 Å². The highest BCUT2D eigenvalue weighted by molar-refractivity contribution is 9.10. The topological polar surface area (TPSA) is 34.4 Å². The molecular weight excluding hydrogens is 396 g/mol. The first kappa shape index (κ1) is 16.2. The Labute approximate surface area is 160 Å². The van der Waals surface area contributed by atoms with Crippen molar-refractivity contribution < 1.29 is 4.79 Å². The lowest BCUT2D eigenvalue weighted by Gasteiger charge is -2.60. The Morgan fingerprint density at radius 1 is 1.28 bits per heavy atom. The van der Waals surface area contributed by atoms with Crippen LogP contribution >= 0.6 is 27.3 Å². The van der Waals surface area contributed by atoms with Crippen molar-refractivity contribution in [3.63, 3.8) is 0 Å². The molecule has 1 amide bonds. The third kappa shape index (κ3) is 2.74. The minimum atomic E-state index is 0.0696. The van der Waals surface area contributed by atoms with Crippen molar-refractivity contribution in [2.24, 2.45) is 29.3 Å². The summed E-state index contributed by atoms with van der Waals surface area (Å²) in [5.41, 5.74) is 1.34. The summed E-state index contributed by atoms with van der Waals surface area (Å²) in [5, 5.41) is 0. The average Bonchev–Trinajstić information content (AvgIpc) is 2.80. The summed E-state index contributed by atoms with van der Waals surface area (Å²) in [4.78, 5) is 18.2. The number of halogens is 1. The van der Waals surface area contributed by atoms with Crippen LogP contribution in [0.25, 0.3) is 10.2 Å². The fourth-order valence-corrected chi connectivity index (χ4v) is 8.74. The van der Waals surface area contributed by atoms with E-state index < -0.39 is 0 Å². The summed E-state index contributed by atoms with van der Waals surface area (Å²) < 4.78 is 3.54. The van der Waals surface area contributed by atoms with Gasteiger partial charge in [0.05, 0.1) is 10.2 Å². The molecule has 2 atom stereocenters. The molecule has 0 spiro atoms. The molecule has 3 nitrogen and oxygen atoms in total. The van der Waals surface area contributed by atoms with Crippen molar-refractivity contribution in [2.75, 3.05) is 0 Å². The molecule has 6 rings (SSSR count). The number of carbonyl (C=O) groups excluding carboxylic acids is 1. The van der Waals surface area contributed by atoms with Gasteiger partial charge in [-0.1, -0.05) is 39.4 Å². The van der Waals surface area contributed by atoms with Crippen LogP contribution in [-0.4, -0.2) is 14.8 Å². The average molecular weight is 419 g/mol. The number of aryl methyl sites for hydroxylation is 1. The summed E-state index contributed by atoms with van der Waals surface area (Å²) >= 11 is 5.65. The number of amides is 1. The number of para-hydroxylation sites is 1. The van der Waals surface area contributed by atoms with Gasteiger partial charge in [-0.15, -0.1) is 0 Å². The Bertz CT molecular complexity index is 913. The number of nitrogens with zero attached hydrogens (tertiary/aromatic N) is 2. The minimum Gasteiger partial charge on any atom is -0.319 e. The Morgan fingerprint density at radius 2 is 2.00 bits per heavy atom. The summed E-state index contributed by atoms with van der Waals surface area (Å²) in [6, 6.07) is 8.25. The maximum absolute atomic E-state index is 12.8. The number of rotatable bonds is 2. The van der Waals surface area contributed by atoms with E-state index in [1.165, 1.54) is 36.8 Å². The van der Waals surface area contributed by atoms with E-state index in [4.69, 9.17) is 0 Å². The lowest BCUT2D eigenvalue weighted by molar-refractivity contribution is -0.125. The van der Waals surface area contributed by atoms with Crippen LogP contribution in [0.3, 0.4) is 0 Å².